The molecule has 0 unspecified atom stereocenters. The van der Waals surface area contributed by atoms with Crippen LogP contribution in [0.1, 0.15) is 28.6 Å². The Morgan fingerprint density at radius 2 is 1.52 bits per heavy atom. The van der Waals surface area contributed by atoms with Crippen LogP contribution in [0.15, 0.2) is 48.5 Å². The first-order valence-electron chi connectivity index (χ1n) is 9.59. The molecule has 1 heterocycles. The molecule has 2 aromatic carbocycles. The molecule has 0 radical (unpaired) electrons. The Hall–Kier alpha value is -3.88. The molecule has 1 N–H and O–H groups in total. The Morgan fingerprint density at radius 1 is 1.03 bits per heavy atom. The number of nitrogens with one attached hydrogen (secondary N) is 1. The van der Waals surface area contributed by atoms with Crippen molar-refractivity contribution >= 4 is 11.6 Å². The summed E-state index contributed by atoms with van der Waals surface area (Å²) in [5, 5.41) is 18.4. The lowest BCUT2D eigenvalue weighted by molar-refractivity contribution is -0.386. The van der Waals surface area contributed by atoms with E-state index in [9.17, 15) is 14.9 Å². The number of carbonyl (C=O) groups is 1. The van der Waals surface area contributed by atoms with Gasteiger partial charge in [-0.2, -0.15) is 5.10 Å². The molecule has 9 heteroatoms. The van der Waals surface area contributed by atoms with E-state index in [-0.39, 0.29) is 23.8 Å². The van der Waals surface area contributed by atoms with Crippen molar-refractivity contribution in [2.24, 2.45) is 0 Å². The predicted octanol–water partition coefficient (Wildman–Crippen LogP) is 3.33. The Balaban J connectivity index is 1.87. The lowest BCUT2D eigenvalue weighted by Gasteiger charge is -2.21. The molecule has 0 saturated heterocycles. The standard InChI is InChI=1S/C22H24N4O5/c1-14-22(26(28)29)15(2)25(24-14)13-20(27)23-21(16-5-9-18(30-3)10-6-16)17-7-11-19(31-4)12-8-17/h5-12,21H,13H2,1-4H3,(H,23,27). The first kappa shape index (κ1) is 21.8. The molecule has 1 amide bonds. The molecule has 0 aliphatic heterocycles. The summed E-state index contributed by atoms with van der Waals surface area (Å²) >= 11 is 0. The topological polar surface area (TPSA) is 109 Å². The minimum Gasteiger partial charge on any atom is -0.497 e. The zero-order valence-electron chi connectivity index (χ0n) is 17.8. The van der Waals surface area contributed by atoms with Crippen LogP contribution in [-0.2, 0) is 11.3 Å². The van der Waals surface area contributed by atoms with E-state index in [4.69, 9.17) is 9.47 Å². The quantitative estimate of drug-likeness (QED) is 0.439. The maximum atomic E-state index is 12.9. The van der Waals surface area contributed by atoms with Crippen molar-refractivity contribution in [3.8, 4) is 11.5 Å². The molecule has 31 heavy (non-hydrogen) atoms. The maximum Gasteiger partial charge on any atom is 0.312 e. The van der Waals surface area contributed by atoms with Gasteiger partial charge in [0.25, 0.3) is 0 Å². The van der Waals surface area contributed by atoms with Gasteiger partial charge in [-0.25, -0.2) is 0 Å². The molecular weight excluding hydrogens is 400 g/mol. The van der Waals surface area contributed by atoms with Crippen LogP contribution < -0.4 is 14.8 Å². The molecule has 0 aliphatic carbocycles. The van der Waals surface area contributed by atoms with Crippen molar-refractivity contribution in [1.29, 1.82) is 0 Å². The Kier molecular flexibility index (Phi) is 6.54. The fourth-order valence-electron chi connectivity index (χ4n) is 3.40. The van der Waals surface area contributed by atoms with E-state index in [2.05, 4.69) is 10.4 Å². The minimum absolute atomic E-state index is 0.0744. The van der Waals surface area contributed by atoms with Crippen LogP contribution in [-0.4, -0.2) is 34.8 Å². The highest BCUT2D eigenvalue weighted by Crippen LogP contribution is 2.26. The van der Waals surface area contributed by atoms with Crippen molar-refractivity contribution in [3.05, 3.63) is 81.2 Å². The summed E-state index contributed by atoms with van der Waals surface area (Å²) in [6, 6.07) is 14.4. The van der Waals surface area contributed by atoms with Crippen LogP contribution >= 0.6 is 0 Å². The van der Waals surface area contributed by atoms with E-state index in [0.717, 1.165) is 11.1 Å². The van der Waals surface area contributed by atoms with E-state index in [0.29, 0.717) is 17.2 Å². The minimum atomic E-state index is -0.483. The van der Waals surface area contributed by atoms with Gasteiger partial charge in [-0.05, 0) is 49.2 Å². The van der Waals surface area contributed by atoms with Gasteiger partial charge in [-0.15, -0.1) is 0 Å². The van der Waals surface area contributed by atoms with Gasteiger partial charge in [-0.1, -0.05) is 24.3 Å². The highest BCUT2D eigenvalue weighted by molar-refractivity contribution is 5.77. The normalized spacial score (nSPS) is 10.7. The van der Waals surface area contributed by atoms with E-state index < -0.39 is 11.0 Å². The average Bonchev–Trinajstić information content (AvgIpc) is 3.05. The van der Waals surface area contributed by atoms with Gasteiger partial charge < -0.3 is 14.8 Å². The van der Waals surface area contributed by atoms with Crippen molar-refractivity contribution in [1.82, 2.24) is 15.1 Å². The van der Waals surface area contributed by atoms with E-state index in [1.54, 1.807) is 28.1 Å². The highest BCUT2D eigenvalue weighted by atomic mass is 16.6. The first-order valence-corrected chi connectivity index (χ1v) is 9.59. The Bertz CT molecular complexity index is 1030. The van der Waals surface area contributed by atoms with Crippen LogP contribution in [0.3, 0.4) is 0 Å². The van der Waals surface area contributed by atoms with Crippen molar-refractivity contribution in [3.63, 3.8) is 0 Å². The second-order valence-corrected chi connectivity index (χ2v) is 6.98. The number of nitrogens with zero attached hydrogens (tertiary/aromatic N) is 3. The molecule has 9 nitrogen and oxygen atoms in total. The summed E-state index contributed by atoms with van der Waals surface area (Å²) in [6.07, 6.45) is 0. The molecular formula is C22H24N4O5. The summed E-state index contributed by atoms with van der Waals surface area (Å²) in [5.74, 6) is 1.09. The molecule has 0 aliphatic rings. The molecule has 0 fully saturated rings. The van der Waals surface area contributed by atoms with Gasteiger partial charge >= 0.3 is 5.69 Å². The smallest absolute Gasteiger partial charge is 0.312 e. The summed E-state index contributed by atoms with van der Waals surface area (Å²) in [5.41, 5.74) is 2.26. The van der Waals surface area contributed by atoms with Gasteiger partial charge in [-0.3, -0.25) is 19.6 Å². The fourth-order valence-corrected chi connectivity index (χ4v) is 3.40. The zero-order chi connectivity index (χ0) is 22.5. The van der Waals surface area contributed by atoms with Crippen LogP contribution in [0.5, 0.6) is 11.5 Å². The number of amides is 1. The second-order valence-electron chi connectivity index (χ2n) is 6.98. The monoisotopic (exact) mass is 424 g/mol. The molecule has 162 valence electrons. The van der Waals surface area contributed by atoms with Crippen LogP contribution in [0, 0.1) is 24.0 Å². The number of carbonyl (C=O) groups excluding carboxylic acids is 1. The SMILES string of the molecule is COc1ccc(C(NC(=O)Cn2nc(C)c([N+](=O)[O-])c2C)c2ccc(OC)cc2)cc1. The number of hydrogen-bond donors (Lipinski definition) is 1. The number of aryl methyl sites for hydroxylation is 1. The van der Waals surface area contributed by atoms with Crippen LogP contribution in [0.2, 0.25) is 0 Å². The summed E-state index contributed by atoms with van der Waals surface area (Å²) < 4.78 is 11.8. The fraction of sp³-hybridized carbons (Fsp3) is 0.273. The molecule has 1 aromatic heterocycles. The molecule has 0 atom stereocenters. The number of nitro groups is 1. The van der Waals surface area contributed by atoms with Crippen LogP contribution in [0.4, 0.5) is 5.69 Å². The molecule has 3 aromatic rings. The number of aromatic nitrogens is 2. The average molecular weight is 424 g/mol. The highest BCUT2D eigenvalue weighted by Gasteiger charge is 2.24. The zero-order valence-corrected chi connectivity index (χ0v) is 17.8. The van der Waals surface area contributed by atoms with Crippen molar-refractivity contribution < 1.29 is 19.2 Å². The van der Waals surface area contributed by atoms with Crippen LogP contribution in [0.25, 0.3) is 0 Å². The first-order chi connectivity index (χ1) is 14.8. The maximum absolute atomic E-state index is 12.9. The molecule has 0 bridgehead atoms. The number of benzene rings is 2. The number of methoxy groups -OCH3 is 2. The molecule has 3 rings (SSSR count). The Morgan fingerprint density at radius 3 is 1.90 bits per heavy atom. The third-order valence-electron chi connectivity index (χ3n) is 5.02. The van der Waals surface area contributed by atoms with Crippen molar-refractivity contribution in [2.45, 2.75) is 26.4 Å². The number of rotatable bonds is 8. The van der Waals surface area contributed by atoms with Crippen molar-refractivity contribution in [2.75, 3.05) is 14.2 Å². The lowest BCUT2D eigenvalue weighted by Crippen LogP contribution is -2.32. The van der Waals surface area contributed by atoms with E-state index >= 15 is 0 Å². The van der Waals surface area contributed by atoms with Gasteiger partial charge in [0.15, 0.2) is 0 Å². The van der Waals surface area contributed by atoms with E-state index in [1.165, 1.54) is 4.68 Å². The summed E-state index contributed by atoms with van der Waals surface area (Å²) in [7, 11) is 3.18. The summed E-state index contributed by atoms with van der Waals surface area (Å²) in [6.45, 7) is 3.00. The number of ether oxygens (including phenoxy) is 2. The molecule has 0 spiro atoms. The van der Waals surface area contributed by atoms with Gasteiger partial charge in [0.1, 0.15) is 29.4 Å². The van der Waals surface area contributed by atoms with Gasteiger partial charge in [0.05, 0.1) is 25.2 Å². The van der Waals surface area contributed by atoms with Gasteiger partial charge in [0, 0.05) is 0 Å². The Labute approximate surface area is 179 Å². The third-order valence-corrected chi connectivity index (χ3v) is 5.02. The third kappa shape index (κ3) is 4.82. The largest absolute Gasteiger partial charge is 0.497 e. The molecule has 0 saturated carbocycles. The summed E-state index contributed by atoms with van der Waals surface area (Å²) in [4.78, 5) is 23.6. The lowest BCUT2D eigenvalue weighted by atomic mass is 9.98. The second kappa shape index (κ2) is 9.29. The predicted molar refractivity (Wildman–Crippen MR) is 114 cm³/mol. The number of hydrogen-bond acceptors (Lipinski definition) is 6. The van der Waals surface area contributed by atoms with E-state index in [1.807, 2.05) is 48.5 Å². The van der Waals surface area contributed by atoms with Gasteiger partial charge in [0.2, 0.25) is 5.91 Å².